The van der Waals surface area contributed by atoms with Crippen molar-refractivity contribution in [3.8, 4) is 12.0 Å². The van der Waals surface area contributed by atoms with Gasteiger partial charge in [-0.1, -0.05) is 44.2 Å². The molecular formula is C23H27N3. The number of aryl methyl sites for hydroxylation is 1. The molecule has 3 heteroatoms. The second-order valence-corrected chi connectivity index (χ2v) is 6.33. The van der Waals surface area contributed by atoms with E-state index in [0.29, 0.717) is 0 Å². The number of hydrogen-bond donors (Lipinski definition) is 1. The molecule has 1 N–H and O–H groups in total. The summed E-state index contributed by atoms with van der Waals surface area (Å²) in [5.74, 6) is 3.30. The van der Waals surface area contributed by atoms with Crippen LogP contribution in [-0.4, -0.2) is 22.6 Å². The predicted octanol–water partition coefficient (Wildman–Crippen LogP) is 4.92. The smallest absolute Gasteiger partial charge is 0.0949 e. The molecule has 0 atom stereocenters. The maximum atomic E-state index is 3.30. The zero-order valence-electron chi connectivity index (χ0n) is 15.9. The molecule has 0 saturated heterocycles. The van der Waals surface area contributed by atoms with Gasteiger partial charge in [0, 0.05) is 35.7 Å². The molecule has 0 radical (unpaired) electrons. The molecule has 0 bridgehead atoms. The predicted molar refractivity (Wildman–Crippen MR) is 111 cm³/mol. The van der Waals surface area contributed by atoms with Crippen LogP contribution >= 0.6 is 0 Å². The molecule has 0 unspecified atom stereocenters. The van der Waals surface area contributed by atoms with Crippen LogP contribution in [0.15, 0.2) is 54.6 Å². The second-order valence-electron chi connectivity index (χ2n) is 6.33. The van der Waals surface area contributed by atoms with E-state index in [1.54, 1.807) is 0 Å². The molecule has 2 aromatic carbocycles. The van der Waals surface area contributed by atoms with Crippen LogP contribution < -0.4 is 5.32 Å². The highest BCUT2D eigenvalue weighted by Crippen LogP contribution is 2.24. The Balaban J connectivity index is 1.94. The van der Waals surface area contributed by atoms with E-state index >= 15 is 0 Å². The van der Waals surface area contributed by atoms with Gasteiger partial charge in [0.2, 0.25) is 0 Å². The summed E-state index contributed by atoms with van der Waals surface area (Å²) in [5.41, 5.74) is 4.71. The molecule has 3 nitrogen and oxygen atoms in total. The molecule has 0 saturated carbocycles. The summed E-state index contributed by atoms with van der Waals surface area (Å²) in [6.45, 7) is 10.6. The maximum Gasteiger partial charge on any atom is 0.0949 e. The maximum absolute atomic E-state index is 3.30. The monoisotopic (exact) mass is 345 g/mol. The quantitative estimate of drug-likeness (QED) is 0.505. The van der Waals surface area contributed by atoms with Crippen molar-refractivity contribution >= 4 is 16.6 Å². The van der Waals surface area contributed by atoms with Crippen LogP contribution in [-0.2, 0) is 13.1 Å². The Kier molecular flexibility index (Phi) is 5.99. The van der Waals surface area contributed by atoms with Crippen molar-refractivity contribution in [2.45, 2.75) is 33.9 Å². The van der Waals surface area contributed by atoms with Crippen LogP contribution in [0.2, 0.25) is 0 Å². The van der Waals surface area contributed by atoms with Gasteiger partial charge in [-0.3, -0.25) is 4.90 Å². The molecule has 134 valence electrons. The van der Waals surface area contributed by atoms with Gasteiger partial charge in [0.25, 0.3) is 0 Å². The summed E-state index contributed by atoms with van der Waals surface area (Å²) in [7, 11) is 0. The average Bonchev–Trinajstić information content (AvgIpc) is 3.05. The van der Waals surface area contributed by atoms with Gasteiger partial charge in [-0.05, 0) is 55.8 Å². The van der Waals surface area contributed by atoms with Gasteiger partial charge in [-0.15, -0.1) is 0 Å². The van der Waals surface area contributed by atoms with Crippen molar-refractivity contribution in [1.29, 1.82) is 0 Å². The number of nitrogens with one attached hydrogen (secondary N) is 1. The van der Waals surface area contributed by atoms with E-state index in [-0.39, 0.29) is 0 Å². The molecule has 1 aromatic heterocycles. The van der Waals surface area contributed by atoms with Gasteiger partial charge in [0.1, 0.15) is 0 Å². The number of hydrogen-bond acceptors (Lipinski definition) is 2. The van der Waals surface area contributed by atoms with E-state index in [0.717, 1.165) is 37.6 Å². The van der Waals surface area contributed by atoms with Crippen molar-refractivity contribution in [3.05, 3.63) is 65.9 Å². The minimum atomic E-state index is 0.910. The zero-order valence-corrected chi connectivity index (χ0v) is 15.9. The summed E-state index contributed by atoms with van der Waals surface area (Å²) in [5, 5.41) is 4.48. The fourth-order valence-electron chi connectivity index (χ4n) is 3.31. The van der Waals surface area contributed by atoms with Crippen molar-refractivity contribution in [2.24, 2.45) is 0 Å². The molecule has 3 rings (SSSR count). The Morgan fingerprint density at radius 2 is 1.73 bits per heavy atom. The first-order chi connectivity index (χ1) is 12.8. The van der Waals surface area contributed by atoms with Crippen LogP contribution in [0.1, 0.15) is 32.0 Å². The molecule has 1 heterocycles. The van der Waals surface area contributed by atoms with Crippen molar-refractivity contribution in [2.75, 3.05) is 18.4 Å². The summed E-state index contributed by atoms with van der Waals surface area (Å²) >= 11 is 0. The average molecular weight is 345 g/mol. The summed E-state index contributed by atoms with van der Waals surface area (Å²) in [6.07, 6.45) is 0. The first-order valence-electron chi connectivity index (χ1n) is 9.42. The molecule has 0 fully saturated rings. The molecule has 0 spiro atoms. The van der Waals surface area contributed by atoms with Gasteiger partial charge < -0.3 is 9.88 Å². The highest BCUT2D eigenvalue weighted by molar-refractivity contribution is 5.86. The lowest BCUT2D eigenvalue weighted by Gasteiger charge is -2.18. The van der Waals surface area contributed by atoms with Crippen molar-refractivity contribution in [3.63, 3.8) is 0 Å². The van der Waals surface area contributed by atoms with Gasteiger partial charge in [-0.25, -0.2) is 0 Å². The highest BCUT2D eigenvalue weighted by Gasteiger charge is 2.11. The minimum Gasteiger partial charge on any atom is -0.334 e. The van der Waals surface area contributed by atoms with Crippen molar-refractivity contribution in [1.82, 2.24) is 9.47 Å². The Labute approximate surface area is 156 Å². The minimum absolute atomic E-state index is 0.910. The Morgan fingerprint density at radius 1 is 0.962 bits per heavy atom. The van der Waals surface area contributed by atoms with Gasteiger partial charge in [0.15, 0.2) is 0 Å². The van der Waals surface area contributed by atoms with E-state index in [2.05, 4.69) is 71.8 Å². The molecule has 26 heavy (non-hydrogen) atoms. The molecule has 0 aliphatic rings. The molecular weight excluding hydrogens is 318 g/mol. The SMILES string of the molecule is CCN(CC)Cc1cccc2c1cc(C#CNc1ccccc1)n2CC. The fourth-order valence-corrected chi connectivity index (χ4v) is 3.31. The molecule has 0 aliphatic heterocycles. The van der Waals surface area contributed by atoms with E-state index in [1.807, 2.05) is 30.3 Å². The van der Waals surface area contributed by atoms with E-state index in [9.17, 15) is 0 Å². The van der Waals surface area contributed by atoms with E-state index in [4.69, 9.17) is 0 Å². The number of para-hydroxylation sites is 1. The van der Waals surface area contributed by atoms with Crippen LogP contribution in [0.3, 0.4) is 0 Å². The lowest BCUT2D eigenvalue weighted by Crippen LogP contribution is -2.22. The van der Waals surface area contributed by atoms with E-state index < -0.39 is 0 Å². The summed E-state index contributed by atoms with van der Waals surface area (Å²) in [6, 6.07) is 22.0. The Hall–Kier alpha value is -2.70. The number of nitrogens with zero attached hydrogens (tertiary/aromatic N) is 2. The number of aromatic nitrogens is 1. The van der Waals surface area contributed by atoms with Gasteiger partial charge in [-0.2, -0.15) is 0 Å². The number of fused-ring (bicyclic) bond motifs is 1. The number of benzene rings is 2. The highest BCUT2D eigenvalue weighted by atomic mass is 15.1. The summed E-state index contributed by atoms with van der Waals surface area (Å²) in [4.78, 5) is 2.44. The van der Waals surface area contributed by atoms with E-state index in [1.165, 1.54) is 16.5 Å². The van der Waals surface area contributed by atoms with Crippen molar-refractivity contribution < 1.29 is 0 Å². The standard InChI is InChI=1S/C23H27N3/c1-4-25(5-2)18-19-11-10-14-23-22(19)17-21(26(23)6-3)15-16-24-20-12-8-7-9-13-20/h7-14,17,24H,4-6,18H2,1-3H3. The third-order valence-electron chi connectivity index (χ3n) is 4.81. The largest absolute Gasteiger partial charge is 0.334 e. The third kappa shape index (κ3) is 3.92. The topological polar surface area (TPSA) is 20.2 Å². The Morgan fingerprint density at radius 3 is 2.42 bits per heavy atom. The third-order valence-corrected chi connectivity index (χ3v) is 4.81. The van der Waals surface area contributed by atoms with Crippen LogP contribution in [0, 0.1) is 12.0 Å². The second kappa shape index (κ2) is 8.60. The lowest BCUT2D eigenvalue weighted by molar-refractivity contribution is 0.297. The Bertz CT molecular complexity index is 909. The normalized spacial score (nSPS) is 10.8. The van der Waals surface area contributed by atoms with Crippen LogP contribution in [0.4, 0.5) is 5.69 Å². The number of anilines is 1. The first kappa shape index (κ1) is 18.1. The zero-order chi connectivity index (χ0) is 18.4. The number of rotatable bonds is 6. The van der Waals surface area contributed by atoms with Crippen LogP contribution in [0.25, 0.3) is 10.9 Å². The first-order valence-corrected chi connectivity index (χ1v) is 9.42. The van der Waals surface area contributed by atoms with Gasteiger partial charge in [0.05, 0.1) is 5.69 Å². The lowest BCUT2D eigenvalue weighted by atomic mass is 10.1. The summed E-state index contributed by atoms with van der Waals surface area (Å²) < 4.78 is 2.29. The van der Waals surface area contributed by atoms with Crippen LogP contribution in [0.5, 0.6) is 0 Å². The fraction of sp³-hybridized carbons (Fsp3) is 0.304. The molecule has 0 amide bonds. The molecule has 0 aliphatic carbocycles. The molecule has 3 aromatic rings. The van der Waals surface area contributed by atoms with Gasteiger partial charge >= 0.3 is 0 Å².